The summed E-state index contributed by atoms with van der Waals surface area (Å²) in [5.74, 6) is 0.567. The minimum absolute atomic E-state index is 0.000476. The van der Waals surface area contributed by atoms with E-state index < -0.39 is 12.2 Å². The zero-order valence-electron chi connectivity index (χ0n) is 27.0. The van der Waals surface area contributed by atoms with Gasteiger partial charge in [-0.25, -0.2) is 9.37 Å². The van der Waals surface area contributed by atoms with Gasteiger partial charge in [0, 0.05) is 75.1 Å². The maximum Gasteiger partial charge on any atom is 0.254 e. The number of nitrogens with zero attached hydrogens (tertiary/aromatic N) is 5. The highest BCUT2D eigenvalue weighted by molar-refractivity contribution is 6.03. The highest BCUT2D eigenvalue weighted by Crippen LogP contribution is 2.41. The van der Waals surface area contributed by atoms with Crippen molar-refractivity contribution in [1.29, 1.82) is 0 Å². The summed E-state index contributed by atoms with van der Waals surface area (Å²) < 4.78 is 15.7. The molecule has 46 heavy (non-hydrogen) atoms. The van der Waals surface area contributed by atoms with E-state index in [2.05, 4.69) is 26.5 Å². The molecule has 4 aliphatic rings. The van der Waals surface area contributed by atoms with Crippen molar-refractivity contribution in [1.82, 2.24) is 24.7 Å². The highest BCUT2D eigenvalue weighted by Gasteiger charge is 2.35. The Morgan fingerprint density at radius 2 is 1.74 bits per heavy atom. The van der Waals surface area contributed by atoms with E-state index in [1.807, 2.05) is 53.6 Å². The van der Waals surface area contributed by atoms with Gasteiger partial charge < -0.3 is 25.0 Å². The Bertz CT molecular complexity index is 1660. The second-order valence-electron chi connectivity index (χ2n) is 13.8. The summed E-state index contributed by atoms with van der Waals surface area (Å²) in [7, 11) is 0. The molecule has 3 fully saturated rings. The molecule has 2 atom stereocenters. The summed E-state index contributed by atoms with van der Waals surface area (Å²) in [6, 6.07) is 11.7. The van der Waals surface area contributed by atoms with E-state index in [1.165, 1.54) is 0 Å². The van der Waals surface area contributed by atoms with Gasteiger partial charge in [-0.05, 0) is 74.4 Å². The van der Waals surface area contributed by atoms with Crippen LogP contribution in [-0.4, -0.2) is 94.6 Å². The normalized spacial score (nSPS) is 25.3. The number of carbonyl (C=O) groups excluding carboxylic acids is 3. The van der Waals surface area contributed by atoms with Gasteiger partial charge in [0.1, 0.15) is 18.0 Å². The zero-order valence-corrected chi connectivity index (χ0v) is 27.0. The Morgan fingerprint density at radius 1 is 0.978 bits per heavy atom. The first-order valence-electron chi connectivity index (χ1n) is 16.8. The summed E-state index contributed by atoms with van der Waals surface area (Å²) in [6.45, 7) is 10.1. The van der Waals surface area contributed by atoms with Crippen LogP contribution in [0, 0.1) is 5.92 Å². The molecule has 7 rings (SSSR count). The van der Waals surface area contributed by atoms with Crippen LogP contribution in [0.1, 0.15) is 69.3 Å². The molecule has 1 saturated carbocycles. The van der Waals surface area contributed by atoms with Crippen molar-refractivity contribution in [2.45, 2.75) is 77.2 Å². The Kier molecular flexibility index (Phi) is 8.21. The lowest BCUT2D eigenvalue weighted by Gasteiger charge is -2.41. The molecule has 2 saturated heterocycles. The van der Waals surface area contributed by atoms with Gasteiger partial charge in [-0.2, -0.15) is 0 Å². The number of hydrogen-bond acceptors (Lipinski definition) is 6. The van der Waals surface area contributed by atoms with E-state index in [0.29, 0.717) is 61.1 Å². The van der Waals surface area contributed by atoms with Gasteiger partial charge in [0.25, 0.3) is 5.91 Å². The average molecular weight is 630 g/mol. The van der Waals surface area contributed by atoms with Crippen molar-refractivity contribution in [3.8, 4) is 11.4 Å². The van der Waals surface area contributed by atoms with Crippen LogP contribution < -0.4 is 15.5 Å². The predicted molar refractivity (Wildman–Crippen MR) is 177 cm³/mol. The fourth-order valence-corrected chi connectivity index (χ4v) is 7.92. The third kappa shape index (κ3) is 5.74. The quantitative estimate of drug-likeness (QED) is 0.428. The maximum atomic E-state index is 13.7. The SMILES string of the molecule is CC(=O)NC1CCN(c2ccc3c(c2)-c2nc4cc(C(=O)N5CCN(C6CCC(F)CC6)CC5)ccc4n2[C@@H](C(C)C)C(=O)N3)C1. The first kappa shape index (κ1) is 30.7. The van der Waals surface area contributed by atoms with Crippen LogP contribution in [0.15, 0.2) is 36.4 Å². The molecule has 3 aromatic rings. The van der Waals surface area contributed by atoms with Gasteiger partial charge in [-0.1, -0.05) is 13.8 Å². The lowest BCUT2D eigenvalue weighted by atomic mass is 9.92. The summed E-state index contributed by atoms with van der Waals surface area (Å²) in [5.41, 5.74) is 4.65. The van der Waals surface area contributed by atoms with Crippen LogP contribution in [-0.2, 0) is 9.59 Å². The number of rotatable bonds is 5. The maximum absolute atomic E-state index is 13.7. The molecule has 3 amide bonds. The molecule has 10 nitrogen and oxygen atoms in total. The van der Waals surface area contributed by atoms with Gasteiger partial charge in [0.15, 0.2) is 0 Å². The first-order valence-corrected chi connectivity index (χ1v) is 16.8. The van der Waals surface area contributed by atoms with Crippen molar-refractivity contribution in [2.75, 3.05) is 49.5 Å². The van der Waals surface area contributed by atoms with E-state index >= 15 is 0 Å². The molecular formula is C35H44FN7O3. The van der Waals surface area contributed by atoms with Crippen LogP contribution in [0.3, 0.4) is 0 Å². The number of halogens is 1. The number of imidazole rings is 1. The number of fused-ring (bicyclic) bond motifs is 5. The third-order valence-electron chi connectivity index (χ3n) is 10.3. The Morgan fingerprint density at radius 3 is 2.46 bits per heavy atom. The van der Waals surface area contributed by atoms with E-state index in [-0.39, 0.29) is 29.7 Å². The van der Waals surface area contributed by atoms with E-state index in [9.17, 15) is 18.8 Å². The van der Waals surface area contributed by atoms with E-state index in [0.717, 1.165) is 55.7 Å². The van der Waals surface area contributed by atoms with Gasteiger partial charge in [0.05, 0.1) is 16.7 Å². The highest BCUT2D eigenvalue weighted by atomic mass is 19.1. The molecule has 0 radical (unpaired) electrons. The standard InChI is InChI=1S/C35H44FN7O3/c1-21(2)32-34(45)39-29-10-9-27(42-13-12-25(20-42)37-22(3)44)19-28(29)33-38-30-18-23(4-11-31(30)43(32)33)35(46)41-16-14-40(15-17-41)26-7-5-24(36)6-8-26/h4,9-11,18-19,21,24-26,32H,5-8,12-17,20H2,1-3H3,(H,37,44)(H,39,45)/t24?,25?,26?,32-/m0/s1. The largest absolute Gasteiger partial charge is 0.369 e. The lowest BCUT2D eigenvalue weighted by Crippen LogP contribution is -2.52. The van der Waals surface area contributed by atoms with Crippen molar-refractivity contribution in [2.24, 2.45) is 5.92 Å². The second-order valence-corrected chi connectivity index (χ2v) is 13.8. The number of piperazine rings is 1. The monoisotopic (exact) mass is 629 g/mol. The number of amides is 3. The molecule has 1 aromatic heterocycles. The molecule has 3 aliphatic heterocycles. The number of hydrogen-bond donors (Lipinski definition) is 2. The Hall–Kier alpha value is -3.99. The number of anilines is 2. The first-order chi connectivity index (χ1) is 22.2. The molecule has 1 unspecified atom stereocenters. The number of alkyl halides is 1. The number of carbonyl (C=O) groups is 3. The van der Waals surface area contributed by atoms with Crippen molar-refractivity contribution >= 4 is 40.1 Å². The summed E-state index contributed by atoms with van der Waals surface area (Å²) in [4.78, 5) is 50.7. The summed E-state index contributed by atoms with van der Waals surface area (Å²) in [5, 5.41) is 6.18. The smallest absolute Gasteiger partial charge is 0.254 e. The number of aromatic nitrogens is 2. The molecule has 4 heterocycles. The number of nitrogens with one attached hydrogen (secondary N) is 2. The Balaban J connectivity index is 1.18. The third-order valence-corrected chi connectivity index (χ3v) is 10.3. The summed E-state index contributed by atoms with van der Waals surface area (Å²) in [6.07, 6.45) is 3.27. The molecule has 0 spiro atoms. The van der Waals surface area contributed by atoms with E-state index in [1.54, 1.807) is 6.92 Å². The van der Waals surface area contributed by atoms with Crippen molar-refractivity contribution < 1.29 is 18.8 Å². The fraction of sp³-hybridized carbons (Fsp3) is 0.543. The fourth-order valence-electron chi connectivity index (χ4n) is 7.92. The van der Waals surface area contributed by atoms with Gasteiger partial charge in [-0.3, -0.25) is 19.3 Å². The molecular weight excluding hydrogens is 585 g/mol. The predicted octanol–water partition coefficient (Wildman–Crippen LogP) is 4.61. The van der Waals surface area contributed by atoms with Crippen LogP contribution in [0.2, 0.25) is 0 Å². The lowest BCUT2D eigenvalue weighted by molar-refractivity contribution is -0.120. The van der Waals surface area contributed by atoms with Gasteiger partial charge >= 0.3 is 0 Å². The molecule has 244 valence electrons. The van der Waals surface area contributed by atoms with Gasteiger partial charge in [0.2, 0.25) is 11.8 Å². The summed E-state index contributed by atoms with van der Waals surface area (Å²) >= 11 is 0. The van der Waals surface area contributed by atoms with Crippen molar-refractivity contribution in [3.63, 3.8) is 0 Å². The molecule has 2 aromatic carbocycles. The Labute approximate surface area is 269 Å². The van der Waals surface area contributed by atoms with Crippen LogP contribution in [0.25, 0.3) is 22.4 Å². The van der Waals surface area contributed by atoms with Gasteiger partial charge in [-0.15, -0.1) is 0 Å². The van der Waals surface area contributed by atoms with Crippen LogP contribution in [0.4, 0.5) is 15.8 Å². The van der Waals surface area contributed by atoms with Crippen molar-refractivity contribution in [3.05, 3.63) is 42.0 Å². The minimum Gasteiger partial charge on any atom is -0.369 e. The number of benzene rings is 2. The molecule has 0 bridgehead atoms. The van der Waals surface area contributed by atoms with Crippen LogP contribution in [0.5, 0.6) is 0 Å². The topological polar surface area (TPSA) is 103 Å². The minimum atomic E-state index is -0.665. The molecule has 1 aliphatic carbocycles. The molecule has 11 heteroatoms. The zero-order chi connectivity index (χ0) is 32.1. The second kappa shape index (κ2) is 12.3. The average Bonchev–Trinajstić information content (AvgIpc) is 3.62. The molecule has 2 N–H and O–H groups in total. The van der Waals surface area contributed by atoms with Crippen LogP contribution >= 0.6 is 0 Å². The van der Waals surface area contributed by atoms with E-state index in [4.69, 9.17) is 4.98 Å².